The van der Waals surface area contributed by atoms with Gasteiger partial charge < -0.3 is 19.5 Å². The second-order valence-corrected chi connectivity index (χ2v) is 12.5. The highest BCUT2D eigenvalue weighted by molar-refractivity contribution is 7.53. The van der Waals surface area contributed by atoms with Crippen molar-refractivity contribution in [3.63, 3.8) is 0 Å². The highest BCUT2D eigenvalue weighted by Crippen LogP contribution is 2.54. The topological polar surface area (TPSA) is 87.9 Å². The van der Waals surface area contributed by atoms with Gasteiger partial charge in [-0.1, -0.05) is 62.2 Å². The first kappa shape index (κ1) is 29.8. The van der Waals surface area contributed by atoms with Crippen molar-refractivity contribution in [1.82, 2.24) is 0 Å². The lowest BCUT2D eigenvalue weighted by atomic mass is 9.71. The molecule has 3 atom stereocenters. The number of carbonyl (C=O) groups excluding carboxylic acids is 1. The summed E-state index contributed by atoms with van der Waals surface area (Å²) in [6.45, 7) is 3.17. The highest BCUT2D eigenvalue weighted by atomic mass is 31.2. The third-order valence-electron chi connectivity index (χ3n) is 7.57. The van der Waals surface area contributed by atoms with Crippen LogP contribution in [-0.4, -0.2) is 44.2 Å². The maximum absolute atomic E-state index is 13.6. The zero-order chi connectivity index (χ0) is 28.1. The van der Waals surface area contributed by atoms with Gasteiger partial charge in [-0.25, -0.2) is 0 Å². The van der Waals surface area contributed by atoms with Crippen LogP contribution in [0.3, 0.4) is 0 Å². The molecule has 2 aliphatic rings. The summed E-state index contributed by atoms with van der Waals surface area (Å²) in [5, 5.41) is 0. The first-order valence-electron chi connectivity index (χ1n) is 13.7. The average molecular weight is 568 g/mol. The number of nitrogens with two attached hydrogens (primary N) is 1. The molecule has 6 nitrogen and oxygen atoms in total. The molecular weight excluding hydrogens is 530 g/mol. The van der Waals surface area contributed by atoms with Gasteiger partial charge >= 0.3 is 13.8 Å². The normalized spacial score (nSPS) is 21.9. The van der Waals surface area contributed by atoms with Gasteiger partial charge in [0, 0.05) is 6.61 Å². The van der Waals surface area contributed by atoms with E-state index in [2.05, 4.69) is 0 Å². The highest BCUT2D eigenvalue weighted by Gasteiger charge is 2.49. The Hall–Kier alpha value is -2.19. The van der Waals surface area contributed by atoms with E-state index in [0.29, 0.717) is 48.3 Å². The number of alkyl halides is 3. The van der Waals surface area contributed by atoms with Crippen LogP contribution in [0, 0.1) is 0 Å². The average Bonchev–Trinajstić information content (AvgIpc) is 3.51. The van der Waals surface area contributed by atoms with Crippen molar-refractivity contribution < 1.29 is 36.3 Å². The number of carbonyl (C=O) groups is 1. The quantitative estimate of drug-likeness (QED) is 0.198. The third kappa shape index (κ3) is 6.76. The predicted octanol–water partition coefficient (Wildman–Crippen LogP) is 6.92. The van der Waals surface area contributed by atoms with Gasteiger partial charge in [-0.15, -0.1) is 0 Å². The van der Waals surface area contributed by atoms with Gasteiger partial charge in [-0.3, -0.25) is 9.36 Å². The van der Waals surface area contributed by atoms with Crippen molar-refractivity contribution in [1.29, 1.82) is 0 Å². The summed E-state index contributed by atoms with van der Waals surface area (Å²) < 4.78 is 71.3. The van der Waals surface area contributed by atoms with Gasteiger partial charge in [0.25, 0.3) is 0 Å². The maximum atomic E-state index is 13.6. The molecule has 2 aromatic rings. The van der Waals surface area contributed by atoms with E-state index in [1.165, 1.54) is 6.07 Å². The van der Waals surface area contributed by atoms with Gasteiger partial charge in [0.05, 0.1) is 31.9 Å². The molecule has 2 N–H and O–H groups in total. The van der Waals surface area contributed by atoms with Crippen LogP contribution in [0.15, 0.2) is 42.5 Å². The first-order valence-corrected chi connectivity index (χ1v) is 15.4. The number of benzene rings is 2. The number of hydrogen-bond donors (Lipinski definition) is 1. The minimum atomic E-state index is -4.45. The largest absolute Gasteiger partial charge is 0.393 e. The Bertz CT molecular complexity index is 1200. The molecular formula is C29H37F3NO5P. The standard InChI is InChI=1S/C29H37F3NO5P/c1-2-3-17-37-39(35,38-20-22-11-9-16-36-22)18-7-6-15-28(27(33)34)25-14-5-4-12-23(25)24-13-8-10-21(26(24)28)19-29(30,31)32/h4-5,8,10,12-14,22H,2-3,6-7,9,11,15-20H2,1H3,(H2,33,34). The molecule has 0 radical (unpaired) electrons. The fourth-order valence-corrected chi connectivity index (χ4v) is 7.48. The number of amides is 1. The number of primary amides is 1. The Labute approximate surface area is 227 Å². The zero-order valence-corrected chi connectivity index (χ0v) is 23.2. The minimum Gasteiger partial charge on any atom is -0.376 e. The van der Waals surface area contributed by atoms with Crippen molar-refractivity contribution in [2.24, 2.45) is 5.73 Å². The molecule has 1 fully saturated rings. The van der Waals surface area contributed by atoms with Crippen molar-refractivity contribution in [2.45, 2.75) is 76.0 Å². The molecule has 0 aromatic heterocycles. The number of halogens is 3. The minimum absolute atomic E-state index is 0.0449. The van der Waals surface area contributed by atoms with E-state index in [-0.39, 0.29) is 30.9 Å². The summed E-state index contributed by atoms with van der Waals surface area (Å²) in [6, 6.07) is 11.9. The van der Waals surface area contributed by atoms with Crippen LogP contribution in [-0.2, 0) is 35.0 Å². The van der Waals surface area contributed by atoms with Crippen LogP contribution in [0.4, 0.5) is 13.2 Å². The number of rotatable bonds is 14. The molecule has 1 saturated heterocycles. The molecule has 4 rings (SSSR count). The fraction of sp³-hybridized carbons (Fsp3) is 0.552. The van der Waals surface area contributed by atoms with E-state index in [4.69, 9.17) is 19.5 Å². The fourth-order valence-electron chi connectivity index (χ4n) is 5.74. The van der Waals surface area contributed by atoms with E-state index in [9.17, 15) is 22.5 Å². The summed E-state index contributed by atoms with van der Waals surface area (Å²) in [6.07, 6.45) is -1.21. The molecule has 1 amide bonds. The van der Waals surface area contributed by atoms with E-state index < -0.39 is 31.5 Å². The Morgan fingerprint density at radius 2 is 1.87 bits per heavy atom. The molecule has 3 unspecified atom stereocenters. The van der Waals surface area contributed by atoms with Crippen LogP contribution in [0.25, 0.3) is 11.1 Å². The van der Waals surface area contributed by atoms with Crippen molar-refractivity contribution in [3.05, 3.63) is 59.2 Å². The van der Waals surface area contributed by atoms with Crippen LogP contribution in [0.2, 0.25) is 0 Å². The lowest BCUT2D eigenvalue weighted by Gasteiger charge is -2.31. The number of ether oxygens (including phenoxy) is 1. The Balaban J connectivity index is 1.56. The molecule has 10 heteroatoms. The number of unbranched alkanes of at least 4 members (excludes halogenated alkanes) is 2. The van der Waals surface area contributed by atoms with E-state index in [1.54, 1.807) is 30.3 Å². The van der Waals surface area contributed by atoms with E-state index in [1.807, 2.05) is 13.0 Å². The van der Waals surface area contributed by atoms with Gasteiger partial charge in [0.15, 0.2) is 0 Å². The monoisotopic (exact) mass is 567 g/mol. The molecule has 39 heavy (non-hydrogen) atoms. The molecule has 1 heterocycles. The van der Waals surface area contributed by atoms with Crippen LogP contribution >= 0.6 is 7.60 Å². The molecule has 0 saturated carbocycles. The SMILES string of the molecule is CCCCOP(=O)(CCCCC1(C(N)=O)c2ccccc2-c2cccc(CC(F)(F)F)c21)OCC1CCCO1. The Morgan fingerprint density at radius 3 is 2.56 bits per heavy atom. The second-order valence-electron chi connectivity index (χ2n) is 10.4. The Morgan fingerprint density at radius 1 is 1.10 bits per heavy atom. The van der Waals surface area contributed by atoms with Crippen molar-refractivity contribution >= 4 is 13.5 Å². The van der Waals surface area contributed by atoms with Crippen LogP contribution < -0.4 is 5.73 Å². The lowest BCUT2D eigenvalue weighted by Crippen LogP contribution is -2.41. The molecule has 1 aliphatic carbocycles. The van der Waals surface area contributed by atoms with Crippen molar-refractivity contribution in [3.8, 4) is 11.1 Å². The molecule has 0 spiro atoms. The second kappa shape index (κ2) is 12.5. The predicted molar refractivity (Wildman–Crippen MR) is 144 cm³/mol. The molecule has 214 valence electrons. The summed E-state index contributed by atoms with van der Waals surface area (Å²) in [4.78, 5) is 13.2. The van der Waals surface area contributed by atoms with E-state index >= 15 is 0 Å². The van der Waals surface area contributed by atoms with Gasteiger partial charge in [-0.05, 0) is 59.9 Å². The Kier molecular flexibility index (Phi) is 9.58. The van der Waals surface area contributed by atoms with Gasteiger partial charge in [0.2, 0.25) is 5.91 Å². The summed E-state index contributed by atoms with van der Waals surface area (Å²) in [7, 11) is -3.42. The third-order valence-corrected chi connectivity index (χ3v) is 9.55. The van der Waals surface area contributed by atoms with Crippen LogP contribution in [0.1, 0.15) is 68.6 Å². The zero-order valence-electron chi connectivity index (χ0n) is 22.3. The van der Waals surface area contributed by atoms with Gasteiger partial charge in [0.1, 0.15) is 5.41 Å². The smallest absolute Gasteiger partial charge is 0.376 e. The first-order chi connectivity index (χ1) is 18.6. The summed E-state index contributed by atoms with van der Waals surface area (Å²) in [5.41, 5.74) is 6.90. The maximum Gasteiger partial charge on any atom is 0.393 e. The lowest BCUT2D eigenvalue weighted by molar-refractivity contribution is -0.128. The molecule has 0 bridgehead atoms. The number of fused-ring (bicyclic) bond motifs is 3. The van der Waals surface area contributed by atoms with Gasteiger partial charge in [-0.2, -0.15) is 13.2 Å². The molecule has 1 aliphatic heterocycles. The summed E-state index contributed by atoms with van der Waals surface area (Å²) in [5.74, 6) is -0.694. The van der Waals surface area contributed by atoms with Crippen molar-refractivity contribution in [2.75, 3.05) is 26.0 Å². The summed E-state index contributed by atoms with van der Waals surface area (Å²) >= 11 is 0. The molecule has 2 aromatic carbocycles. The van der Waals surface area contributed by atoms with E-state index in [0.717, 1.165) is 25.7 Å². The van der Waals surface area contributed by atoms with Crippen LogP contribution in [0.5, 0.6) is 0 Å². The number of hydrogen-bond acceptors (Lipinski definition) is 5.